The van der Waals surface area contributed by atoms with E-state index >= 15 is 0 Å². The third-order valence-corrected chi connectivity index (χ3v) is 5.61. The number of rotatable bonds is 7. The topological polar surface area (TPSA) is 95.0 Å². The number of hydrogen-bond donors (Lipinski definition) is 1. The fraction of sp³-hybridized carbons (Fsp3) is 0.400. The highest BCUT2D eigenvalue weighted by Gasteiger charge is 2.25. The van der Waals surface area contributed by atoms with Gasteiger partial charge in [-0.3, -0.25) is 5.32 Å². The van der Waals surface area contributed by atoms with E-state index in [0.717, 1.165) is 22.5 Å². The summed E-state index contributed by atoms with van der Waals surface area (Å²) in [6.45, 7) is 5.35. The summed E-state index contributed by atoms with van der Waals surface area (Å²) >= 11 is 0. The van der Waals surface area contributed by atoms with Crippen LogP contribution in [0.1, 0.15) is 26.7 Å². The van der Waals surface area contributed by atoms with E-state index in [4.69, 9.17) is 18.9 Å². The van der Waals surface area contributed by atoms with Gasteiger partial charge in [-0.25, -0.2) is 14.8 Å². The van der Waals surface area contributed by atoms with Crippen molar-refractivity contribution in [2.45, 2.75) is 38.9 Å². The first-order valence-corrected chi connectivity index (χ1v) is 11.3. The molecule has 1 saturated heterocycles. The van der Waals surface area contributed by atoms with Gasteiger partial charge in [0.2, 0.25) is 0 Å². The zero-order valence-electron chi connectivity index (χ0n) is 19.9. The van der Waals surface area contributed by atoms with Gasteiger partial charge in [-0.15, -0.1) is 0 Å². The highest BCUT2D eigenvalue weighted by atomic mass is 16.6. The second kappa shape index (κ2) is 10.5. The van der Waals surface area contributed by atoms with Gasteiger partial charge in [0.25, 0.3) is 0 Å². The maximum absolute atomic E-state index is 12.4. The van der Waals surface area contributed by atoms with Crippen LogP contribution in [0.25, 0.3) is 10.9 Å². The molecule has 1 aliphatic heterocycles. The van der Waals surface area contributed by atoms with Gasteiger partial charge in [0.1, 0.15) is 24.0 Å². The Morgan fingerprint density at radius 3 is 2.35 bits per heavy atom. The predicted molar refractivity (Wildman–Crippen MR) is 130 cm³/mol. The molecule has 0 unspecified atom stereocenters. The van der Waals surface area contributed by atoms with Crippen LogP contribution in [0.4, 0.5) is 16.3 Å². The first-order valence-electron chi connectivity index (χ1n) is 11.3. The lowest BCUT2D eigenvalue weighted by Gasteiger charge is -2.33. The molecule has 1 aliphatic rings. The van der Waals surface area contributed by atoms with Gasteiger partial charge in [-0.2, -0.15) is 0 Å². The Kier molecular flexibility index (Phi) is 7.20. The van der Waals surface area contributed by atoms with Gasteiger partial charge in [-0.1, -0.05) is 0 Å². The number of nitrogens with zero attached hydrogens (tertiary/aromatic N) is 3. The smallest absolute Gasteiger partial charge is 0.411 e. The molecule has 1 fully saturated rings. The lowest BCUT2D eigenvalue weighted by atomic mass is 10.1. The van der Waals surface area contributed by atoms with Crippen molar-refractivity contribution in [1.29, 1.82) is 0 Å². The Morgan fingerprint density at radius 2 is 1.71 bits per heavy atom. The van der Waals surface area contributed by atoms with Crippen molar-refractivity contribution in [1.82, 2.24) is 9.97 Å². The summed E-state index contributed by atoms with van der Waals surface area (Å²) in [7, 11) is 3.21. The number of fused-ring (bicyclic) bond motifs is 1. The Hall–Kier alpha value is -3.75. The normalized spacial score (nSPS) is 14.2. The number of piperidine rings is 1. The largest absolute Gasteiger partial charge is 0.493 e. The monoisotopic (exact) mass is 466 g/mol. The van der Waals surface area contributed by atoms with E-state index in [1.165, 1.54) is 0 Å². The second-order valence-electron chi connectivity index (χ2n) is 8.33. The third kappa shape index (κ3) is 5.41. The van der Waals surface area contributed by atoms with Gasteiger partial charge in [-0.05, 0) is 44.2 Å². The van der Waals surface area contributed by atoms with E-state index < -0.39 is 6.09 Å². The third-order valence-electron chi connectivity index (χ3n) is 5.61. The number of aromatic nitrogens is 2. The van der Waals surface area contributed by atoms with Crippen molar-refractivity contribution < 1.29 is 23.7 Å². The molecule has 9 nitrogen and oxygen atoms in total. The minimum Gasteiger partial charge on any atom is -0.493 e. The first-order chi connectivity index (χ1) is 16.5. The molecule has 3 aromatic rings. The van der Waals surface area contributed by atoms with Crippen LogP contribution >= 0.6 is 0 Å². The van der Waals surface area contributed by atoms with Crippen LogP contribution in [0.2, 0.25) is 0 Å². The summed E-state index contributed by atoms with van der Waals surface area (Å²) in [5, 5.41) is 3.67. The molecule has 1 aromatic heterocycles. The molecule has 0 spiro atoms. The average molecular weight is 467 g/mol. The number of carbonyl (C=O) groups is 1. The number of hydrogen-bond acceptors (Lipinski definition) is 8. The van der Waals surface area contributed by atoms with Crippen LogP contribution in [-0.4, -0.2) is 55.6 Å². The Bertz CT molecular complexity index is 1130. The summed E-state index contributed by atoms with van der Waals surface area (Å²) in [6.07, 6.45) is 2.43. The van der Waals surface area contributed by atoms with Crippen molar-refractivity contribution in [3.63, 3.8) is 0 Å². The highest BCUT2D eigenvalue weighted by Crippen LogP contribution is 2.35. The van der Waals surface area contributed by atoms with E-state index in [0.29, 0.717) is 43.1 Å². The maximum atomic E-state index is 12.4. The summed E-state index contributed by atoms with van der Waals surface area (Å²) in [6, 6.07) is 11.0. The number of methoxy groups -OCH3 is 2. The quantitative estimate of drug-likeness (QED) is 0.538. The molecule has 0 atom stereocenters. The first kappa shape index (κ1) is 23.4. The molecule has 4 rings (SSSR count). The van der Waals surface area contributed by atoms with Crippen molar-refractivity contribution in [2.24, 2.45) is 0 Å². The van der Waals surface area contributed by atoms with Crippen molar-refractivity contribution >= 4 is 28.5 Å². The lowest BCUT2D eigenvalue weighted by molar-refractivity contribution is 0.0950. The molecule has 0 saturated carbocycles. The standard InChI is InChI=1S/C25H30N4O5/c1-16(2)33-18-7-5-17(6-8-18)28-25(30)34-19-9-11-29(12-10-19)24-20-13-22(31-3)23(32-4)14-21(20)26-15-27-24/h5-8,13-16,19H,9-12H2,1-4H3,(H,28,30). The molecule has 0 bridgehead atoms. The Labute approximate surface area is 199 Å². The van der Waals surface area contributed by atoms with Gasteiger partial charge in [0.05, 0.1) is 25.8 Å². The summed E-state index contributed by atoms with van der Waals surface area (Å²) in [5.74, 6) is 2.84. The fourth-order valence-electron chi connectivity index (χ4n) is 3.99. The fourth-order valence-corrected chi connectivity index (χ4v) is 3.99. The minimum atomic E-state index is -0.458. The number of carbonyl (C=O) groups excluding carboxylic acids is 1. The Balaban J connectivity index is 1.35. The van der Waals surface area contributed by atoms with Crippen LogP contribution in [0.15, 0.2) is 42.7 Å². The zero-order chi connectivity index (χ0) is 24.1. The number of anilines is 2. The van der Waals surface area contributed by atoms with Crippen molar-refractivity contribution in [2.75, 3.05) is 37.5 Å². The highest BCUT2D eigenvalue weighted by molar-refractivity contribution is 5.92. The van der Waals surface area contributed by atoms with E-state index in [1.54, 1.807) is 32.7 Å². The number of nitrogens with one attached hydrogen (secondary N) is 1. The number of amides is 1. The summed E-state index contributed by atoms with van der Waals surface area (Å²) in [4.78, 5) is 23.4. The summed E-state index contributed by atoms with van der Waals surface area (Å²) < 4.78 is 22.1. The molecule has 0 radical (unpaired) electrons. The zero-order valence-corrected chi connectivity index (χ0v) is 19.9. The number of benzene rings is 2. The number of ether oxygens (including phenoxy) is 4. The molecule has 2 heterocycles. The van der Waals surface area contributed by atoms with E-state index in [1.807, 2.05) is 38.1 Å². The molecule has 34 heavy (non-hydrogen) atoms. The molecular weight excluding hydrogens is 436 g/mol. The summed E-state index contributed by atoms with van der Waals surface area (Å²) in [5.41, 5.74) is 1.44. The Morgan fingerprint density at radius 1 is 1.03 bits per heavy atom. The lowest BCUT2D eigenvalue weighted by Crippen LogP contribution is -2.39. The van der Waals surface area contributed by atoms with E-state index in [9.17, 15) is 4.79 Å². The van der Waals surface area contributed by atoms with Crippen LogP contribution in [0, 0.1) is 0 Å². The molecule has 0 aliphatic carbocycles. The van der Waals surface area contributed by atoms with E-state index in [-0.39, 0.29) is 12.2 Å². The minimum absolute atomic E-state index is 0.0971. The van der Waals surface area contributed by atoms with Crippen molar-refractivity contribution in [3.05, 3.63) is 42.7 Å². The molecule has 180 valence electrons. The van der Waals surface area contributed by atoms with Gasteiger partial charge >= 0.3 is 6.09 Å². The van der Waals surface area contributed by atoms with Crippen LogP contribution in [-0.2, 0) is 4.74 Å². The van der Waals surface area contributed by atoms with Gasteiger partial charge < -0.3 is 23.8 Å². The van der Waals surface area contributed by atoms with E-state index in [2.05, 4.69) is 20.2 Å². The van der Waals surface area contributed by atoms with Gasteiger partial charge in [0, 0.05) is 43.1 Å². The molecule has 2 aromatic carbocycles. The van der Waals surface area contributed by atoms with Crippen LogP contribution in [0.3, 0.4) is 0 Å². The molecular formula is C25H30N4O5. The van der Waals surface area contributed by atoms with Gasteiger partial charge in [0.15, 0.2) is 11.5 Å². The SMILES string of the molecule is COc1cc2ncnc(N3CCC(OC(=O)Nc4ccc(OC(C)C)cc4)CC3)c2cc1OC. The van der Waals surface area contributed by atoms with Crippen LogP contribution < -0.4 is 24.4 Å². The van der Waals surface area contributed by atoms with Crippen molar-refractivity contribution in [3.8, 4) is 17.2 Å². The molecule has 1 amide bonds. The predicted octanol–water partition coefficient (Wildman–Crippen LogP) is 4.65. The second-order valence-corrected chi connectivity index (χ2v) is 8.33. The molecule has 1 N–H and O–H groups in total. The molecule has 9 heteroatoms. The maximum Gasteiger partial charge on any atom is 0.411 e. The van der Waals surface area contributed by atoms with Crippen LogP contribution in [0.5, 0.6) is 17.2 Å². The average Bonchev–Trinajstić information content (AvgIpc) is 2.84.